The van der Waals surface area contributed by atoms with Crippen molar-refractivity contribution in [2.24, 2.45) is 4.99 Å². The third kappa shape index (κ3) is 3.27. The maximum absolute atomic E-state index is 12.6. The van der Waals surface area contributed by atoms with Gasteiger partial charge < -0.3 is 9.64 Å². The summed E-state index contributed by atoms with van der Waals surface area (Å²) in [4.78, 5) is 28.3. The number of allylic oxidation sites excluding steroid dienone is 1. The number of hydrogen-bond donors (Lipinski definition) is 0. The van der Waals surface area contributed by atoms with Gasteiger partial charge in [-0.2, -0.15) is 4.99 Å². The Labute approximate surface area is 178 Å². The lowest BCUT2D eigenvalue weighted by molar-refractivity contribution is -0.113. The average molecular weight is 427 g/mol. The molecule has 0 aromatic carbocycles. The first kappa shape index (κ1) is 18.8. The van der Waals surface area contributed by atoms with Gasteiger partial charge in [0, 0.05) is 31.0 Å². The number of ether oxygens (including phenoxy) is 1. The third-order valence-corrected chi connectivity index (χ3v) is 7.23. The zero-order valence-electron chi connectivity index (χ0n) is 15.9. The summed E-state index contributed by atoms with van der Waals surface area (Å²) in [6.45, 7) is 4.08. The molecule has 1 amide bonds. The molecule has 0 atom stereocenters. The number of nitrogens with zero attached hydrogens (tertiary/aromatic N) is 4. The number of amides is 1. The van der Waals surface area contributed by atoms with E-state index in [0.29, 0.717) is 16.7 Å². The second kappa shape index (κ2) is 7.23. The minimum Gasteiger partial charge on any atom is -0.364 e. The molecule has 0 aliphatic carbocycles. The van der Waals surface area contributed by atoms with Gasteiger partial charge in [-0.25, -0.2) is 4.98 Å². The number of piperidine rings is 1. The van der Waals surface area contributed by atoms with E-state index in [0.717, 1.165) is 47.9 Å². The number of carbonyl (C=O) groups is 1. The van der Waals surface area contributed by atoms with Crippen LogP contribution in [0.3, 0.4) is 0 Å². The Morgan fingerprint density at radius 1 is 1.24 bits per heavy atom. The number of carbonyl (C=O) groups excluding carboxylic acids is 1. The van der Waals surface area contributed by atoms with Crippen LogP contribution in [0, 0.1) is 0 Å². The van der Waals surface area contributed by atoms with E-state index < -0.39 is 0 Å². The molecule has 148 valence electrons. The lowest BCUT2D eigenvalue weighted by Gasteiger charge is -2.39. The molecular weight excluding hydrogens is 408 g/mol. The quantitative estimate of drug-likeness (QED) is 0.507. The van der Waals surface area contributed by atoms with Gasteiger partial charge in [0.2, 0.25) is 0 Å². The first-order valence-corrected chi connectivity index (χ1v) is 10.7. The highest BCUT2D eigenvalue weighted by Crippen LogP contribution is 2.44. The number of thioether (sulfide) groups is 1. The average Bonchev–Trinajstić information content (AvgIpc) is 3.30. The first-order chi connectivity index (χ1) is 14.1. The van der Waals surface area contributed by atoms with Crippen LogP contribution in [0.5, 0.6) is 0 Å². The summed E-state index contributed by atoms with van der Waals surface area (Å²) in [6.07, 6.45) is 5.22. The van der Waals surface area contributed by atoms with Crippen LogP contribution in [0.2, 0.25) is 5.15 Å². The van der Waals surface area contributed by atoms with Gasteiger partial charge in [0.25, 0.3) is 5.91 Å². The monoisotopic (exact) mass is 426 g/mol. The van der Waals surface area contributed by atoms with Gasteiger partial charge in [-0.1, -0.05) is 23.7 Å². The standard InChI is InChI=1S/C21H19ClN4O2S/c1-13(14-4-5-17(22)24-11-14)18-19(27)25-20(29-18)26-9-6-21(7-10-26)15-3-2-8-23-16(15)12-28-21/h2-5,8,11H,6-7,9-10,12H2,1H3. The molecule has 8 heteroatoms. The molecule has 5 heterocycles. The van der Waals surface area contributed by atoms with E-state index in [1.165, 1.54) is 17.3 Å². The molecule has 0 radical (unpaired) electrons. The summed E-state index contributed by atoms with van der Waals surface area (Å²) in [5.41, 5.74) is 3.75. The van der Waals surface area contributed by atoms with Crippen molar-refractivity contribution in [2.45, 2.75) is 32.0 Å². The second-order valence-corrected chi connectivity index (χ2v) is 8.76. The van der Waals surface area contributed by atoms with Crippen LogP contribution >= 0.6 is 23.4 Å². The Bertz CT molecular complexity index is 1040. The van der Waals surface area contributed by atoms with Crippen molar-refractivity contribution in [1.29, 1.82) is 0 Å². The Balaban J connectivity index is 1.31. The normalized spacial score (nSPS) is 22.1. The first-order valence-electron chi connectivity index (χ1n) is 9.53. The van der Waals surface area contributed by atoms with Gasteiger partial charge in [-0.05, 0) is 54.8 Å². The van der Waals surface area contributed by atoms with E-state index in [1.807, 2.05) is 25.3 Å². The maximum Gasteiger partial charge on any atom is 0.286 e. The topological polar surface area (TPSA) is 67.7 Å². The third-order valence-electron chi connectivity index (χ3n) is 5.79. The molecule has 1 saturated heterocycles. The van der Waals surface area contributed by atoms with Gasteiger partial charge in [0.05, 0.1) is 22.8 Å². The Morgan fingerprint density at radius 3 is 2.83 bits per heavy atom. The smallest absolute Gasteiger partial charge is 0.286 e. The molecule has 5 rings (SSSR count). The minimum atomic E-state index is -0.252. The second-order valence-electron chi connectivity index (χ2n) is 7.39. The van der Waals surface area contributed by atoms with Crippen LogP contribution in [0.1, 0.15) is 36.6 Å². The van der Waals surface area contributed by atoms with Crippen molar-refractivity contribution in [2.75, 3.05) is 13.1 Å². The van der Waals surface area contributed by atoms with Crippen molar-refractivity contribution in [3.63, 3.8) is 0 Å². The van der Waals surface area contributed by atoms with Crippen molar-refractivity contribution < 1.29 is 9.53 Å². The Hall–Kier alpha value is -2.22. The molecule has 2 aromatic heterocycles. The molecule has 29 heavy (non-hydrogen) atoms. The predicted molar refractivity (Wildman–Crippen MR) is 113 cm³/mol. The fourth-order valence-corrected chi connectivity index (χ4v) is 5.26. The van der Waals surface area contributed by atoms with E-state index in [9.17, 15) is 4.79 Å². The number of aromatic nitrogens is 2. The van der Waals surface area contributed by atoms with Gasteiger partial charge in [-0.15, -0.1) is 0 Å². The molecular formula is C21H19ClN4O2S. The number of fused-ring (bicyclic) bond motifs is 2. The van der Waals surface area contributed by atoms with Gasteiger partial charge in [0.15, 0.2) is 5.17 Å². The fraction of sp³-hybridized carbons (Fsp3) is 0.333. The van der Waals surface area contributed by atoms with E-state index in [1.54, 1.807) is 12.3 Å². The lowest BCUT2D eigenvalue weighted by Crippen LogP contribution is -2.44. The summed E-state index contributed by atoms with van der Waals surface area (Å²) in [6, 6.07) is 7.70. The largest absolute Gasteiger partial charge is 0.364 e. The van der Waals surface area contributed by atoms with Gasteiger partial charge in [-0.3, -0.25) is 9.78 Å². The number of halogens is 1. The van der Waals surface area contributed by atoms with Crippen molar-refractivity contribution in [3.8, 4) is 0 Å². The molecule has 1 spiro atoms. The van der Waals surface area contributed by atoms with Crippen molar-refractivity contribution in [3.05, 3.63) is 63.5 Å². The molecule has 6 nitrogen and oxygen atoms in total. The van der Waals surface area contributed by atoms with Crippen LogP contribution < -0.4 is 0 Å². The molecule has 1 fully saturated rings. The molecule has 3 aliphatic heterocycles. The zero-order valence-corrected chi connectivity index (χ0v) is 17.5. The maximum atomic E-state index is 12.6. The minimum absolute atomic E-state index is 0.190. The molecule has 0 N–H and O–H groups in total. The van der Waals surface area contributed by atoms with Gasteiger partial charge in [0.1, 0.15) is 5.15 Å². The van der Waals surface area contributed by atoms with E-state index in [-0.39, 0.29) is 11.5 Å². The van der Waals surface area contributed by atoms with Gasteiger partial charge >= 0.3 is 0 Å². The van der Waals surface area contributed by atoms with Crippen molar-refractivity contribution in [1.82, 2.24) is 14.9 Å². The van der Waals surface area contributed by atoms with E-state index in [4.69, 9.17) is 16.3 Å². The number of amidine groups is 1. The van der Waals surface area contributed by atoms with Crippen LogP contribution in [-0.4, -0.2) is 39.0 Å². The molecule has 0 saturated carbocycles. The summed E-state index contributed by atoms with van der Waals surface area (Å²) >= 11 is 7.31. The number of aliphatic imine (C=N–C) groups is 1. The van der Waals surface area contributed by atoms with E-state index in [2.05, 4.69) is 25.9 Å². The van der Waals surface area contributed by atoms with E-state index >= 15 is 0 Å². The number of rotatable bonds is 1. The highest BCUT2D eigenvalue weighted by Gasteiger charge is 2.44. The summed E-state index contributed by atoms with van der Waals surface area (Å²) in [5.74, 6) is -0.190. The Morgan fingerprint density at radius 2 is 2.07 bits per heavy atom. The lowest BCUT2D eigenvalue weighted by atomic mass is 9.85. The highest BCUT2D eigenvalue weighted by atomic mass is 35.5. The summed E-state index contributed by atoms with van der Waals surface area (Å²) in [5, 5.41) is 1.20. The molecule has 2 aromatic rings. The highest BCUT2D eigenvalue weighted by molar-refractivity contribution is 8.18. The SMILES string of the molecule is CC(=C1SC(N2CCC3(CC2)OCc2ncccc23)=NC1=O)c1ccc(Cl)nc1. The Kier molecular flexibility index (Phi) is 4.69. The number of likely N-dealkylation sites (tertiary alicyclic amines) is 1. The van der Waals surface area contributed by atoms with Crippen molar-refractivity contribution >= 4 is 40.0 Å². The number of hydrogen-bond acceptors (Lipinski definition) is 6. The van der Waals surface area contributed by atoms with Crippen LogP contribution in [0.4, 0.5) is 0 Å². The van der Waals surface area contributed by atoms with Crippen LogP contribution in [0.25, 0.3) is 5.57 Å². The molecule has 0 unspecified atom stereocenters. The summed E-state index contributed by atoms with van der Waals surface area (Å²) in [7, 11) is 0. The molecule has 0 bridgehead atoms. The zero-order chi connectivity index (χ0) is 20.0. The van der Waals surface area contributed by atoms with Crippen LogP contribution in [0.15, 0.2) is 46.6 Å². The fourth-order valence-electron chi connectivity index (χ4n) is 4.12. The summed E-state index contributed by atoms with van der Waals surface area (Å²) < 4.78 is 6.18. The predicted octanol–water partition coefficient (Wildman–Crippen LogP) is 4.01. The van der Waals surface area contributed by atoms with Crippen LogP contribution in [-0.2, 0) is 21.7 Å². The molecule has 3 aliphatic rings. The number of pyridine rings is 2.